The Hall–Kier alpha value is -2.41. The quantitative estimate of drug-likeness (QED) is 0.600. The van der Waals surface area contributed by atoms with Crippen LogP contribution in [0.15, 0.2) is 54.9 Å². The van der Waals surface area contributed by atoms with Crippen molar-refractivity contribution < 1.29 is 20.1 Å². The van der Waals surface area contributed by atoms with E-state index in [0.717, 1.165) is 11.0 Å². The molecular formula is C17H18N2O4. The largest absolute Gasteiger partial charge is 0.490 e. The summed E-state index contributed by atoms with van der Waals surface area (Å²) < 4.78 is 7.37. The van der Waals surface area contributed by atoms with Crippen LogP contribution in [0, 0.1) is 0 Å². The summed E-state index contributed by atoms with van der Waals surface area (Å²) in [6.45, 7) is 0.376. The van der Waals surface area contributed by atoms with E-state index < -0.39 is 12.4 Å². The molecule has 1 aromatic heterocycles. The highest BCUT2D eigenvalue weighted by molar-refractivity contribution is 5.74. The number of nitrogens with zero attached hydrogens (tertiary/aromatic N) is 2. The van der Waals surface area contributed by atoms with Crippen molar-refractivity contribution in [1.29, 1.82) is 0 Å². The van der Waals surface area contributed by atoms with Gasteiger partial charge in [-0.15, -0.1) is 0 Å². The molecule has 0 bridgehead atoms. The number of rotatable bonds is 6. The third kappa shape index (κ3) is 3.50. The highest BCUT2D eigenvalue weighted by atomic mass is 16.5. The van der Waals surface area contributed by atoms with Gasteiger partial charge in [-0.05, 0) is 18.2 Å². The van der Waals surface area contributed by atoms with Crippen molar-refractivity contribution in [2.75, 3.05) is 6.61 Å². The van der Waals surface area contributed by atoms with Gasteiger partial charge in [-0.25, -0.2) is 4.98 Å². The molecule has 2 aromatic carbocycles. The molecule has 23 heavy (non-hydrogen) atoms. The lowest BCUT2D eigenvalue weighted by Gasteiger charge is -2.16. The molecule has 1 unspecified atom stereocenters. The minimum Gasteiger partial charge on any atom is -0.490 e. The second kappa shape index (κ2) is 6.78. The standard InChI is InChI=1S/C17H18N2O4/c20-12(9-19-11-18-14-6-2-3-7-15(14)19)10-23-16-8-4-1-5-13(16)17(21)22/h1-8,11-12,17,20-22H,9-10H2. The smallest absolute Gasteiger partial charge is 0.182 e. The van der Waals surface area contributed by atoms with Crippen molar-refractivity contribution >= 4 is 11.0 Å². The molecule has 3 rings (SSSR count). The first-order chi connectivity index (χ1) is 11.1. The average molecular weight is 314 g/mol. The van der Waals surface area contributed by atoms with Crippen molar-refractivity contribution in [2.24, 2.45) is 0 Å². The van der Waals surface area contributed by atoms with Crippen LogP contribution >= 0.6 is 0 Å². The number of imidazole rings is 1. The van der Waals surface area contributed by atoms with Crippen molar-refractivity contribution in [3.8, 4) is 5.75 Å². The number of fused-ring (bicyclic) bond motifs is 1. The van der Waals surface area contributed by atoms with Gasteiger partial charge in [-0.2, -0.15) is 0 Å². The average Bonchev–Trinajstić information content (AvgIpc) is 2.96. The van der Waals surface area contributed by atoms with E-state index in [1.165, 1.54) is 0 Å². The Balaban J connectivity index is 1.65. The number of aromatic nitrogens is 2. The van der Waals surface area contributed by atoms with E-state index >= 15 is 0 Å². The second-order valence-electron chi connectivity index (χ2n) is 5.26. The summed E-state index contributed by atoms with van der Waals surface area (Å²) in [5.74, 6) is 0.344. The Morgan fingerprint density at radius 2 is 1.74 bits per heavy atom. The molecule has 3 aromatic rings. The van der Waals surface area contributed by atoms with E-state index in [1.54, 1.807) is 30.6 Å². The van der Waals surface area contributed by atoms with E-state index in [9.17, 15) is 15.3 Å². The van der Waals surface area contributed by atoms with Gasteiger partial charge in [0.15, 0.2) is 6.29 Å². The molecule has 0 saturated carbocycles. The van der Waals surface area contributed by atoms with Crippen molar-refractivity contribution in [3.05, 3.63) is 60.4 Å². The molecule has 1 atom stereocenters. The Labute approximate surface area is 133 Å². The van der Waals surface area contributed by atoms with Crippen LogP contribution in [0.25, 0.3) is 11.0 Å². The molecule has 0 aliphatic carbocycles. The predicted molar refractivity (Wildman–Crippen MR) is 84.9 cm³/mol. The highest BCUT2D eigenvalue weighted by Crippen LogP contribution is 2.23. The third-order valence-corrected chi connectivity index (χ3v) is 3.56. The Morgan fingerprint density at radius 3 is 2.57 bits per heavy atom. The summed E-state index contributed by atoms with van der Waals surface area (Å²) >= 11 is 0. The van der Waals surface area contributed by atoms with Gasteiger partial charge in [0.05, 0.1) is 23.9 Å². The molecule has 0 saturated heterocycles. The molecule has 0 amide bonds. The maximum absolute atomic E-state index is 10.2. The van der Waals surface area contributed by atoms with Crippen LogP contribution in [0.4, 0.5) is 0 Å². The zero-order valence-corrected chi connectivity index (χ0v) is 12.4. The van der Waals surface area contributed by atoms with Crippen LogP contribution in [0.5, 0.6) is 5.75 Å². The Morgan fingerprint density at radius 1 is 1.00 bits per heavy atom. The lowest BCUT2D eigenvalue weighted by atomic mass is 10.2. The zero-order chi connectivity index (χ0) is 16.2. The van der Waals surface area contributed by atoms with Crippen molar-refractivity contribution in [1.82, 2.24) is 9.55 Å². The molecule has 0 spiro atoms. The van der Waals surface area contributed by atoms with Crippen LogP contribution in [0.1, 0.15) is 11.9 Å². The van der Waals surface area contributed by atoms with Gasteiger partial charge in [0.1, 0.15) is 18.5 Å². The van der Waals surface area contributed by atoms with Gasteiger partial charge in [0.25, 0.3) is 0 Å². The third-order valence-electron chi connectivity index (χ3n) is 3.56. The summed E-state index contributed by atoms with van der Waals surface area (Å²) in [4.78, 5) is 4.27. The van der Waals surface area contributed by atoms with Gasteiger partial charge in [-0.3, -0.25) is 0 Å². The van der Waals surface area contributed by atoms with Crippen LogP contribution in [-0.2, 0) is 6.54 Å². The highest BCUT2D eigenvalue weighted by Gasteiger charge is 2.13. The molecule has 120 valence electrons. The summed E-state index contributed by atoms with van der Waals surface area (Å²) in [6, 6.07) is 14.3. The van der Waals surface area contributed by atoms with Gasteiger partial charge in [0.2, 0.25) is 0 Å². The normalized spacial score (nSPS) is 12.7. The maximum Gasteiger partial charge on any atom is 0.182 e. The van der Waals surface area contributed by atoms with Crippen LogP contribution in [0.2, 0.25) is 0 Å². The van der Waals surface area contributed by atoms with Crippen LogP contribution in [-0.4, -0.2) is 37.6 Å². The molecule has 3 N–H and O–H groups in total. The summed E-state index contributed by atoms with van der Waals surface area (Å²) in [5.41, 5.74) is 2.08. The monoisotopic (exact) mass is 314 g/mol. The number of para-hydroxylation sites is 3. The summed E-state index contributed by atoms with van der Waals surface area (Å²) in [6.07, 6.45) is -0.684. The topological polar surface area (TPSA) is 87.7 Å². The second-order valence-corrected chi connectivity index (χ2v) is 5.26. The first kappa shape index (κ1) is 15.5. The molecule has 6 heteroatoms. The van der Waals surface area contributed by atoms with E-state index in [2.05, 4.69) is 4.98 Å². The van der Waals surface area contributed by atoms with E-state index in [0.29, 0.717) is 12.3 Å². The molecule has 0 fully saturated rings. The van der Waals surface area contributed by atoms with Gasteiger partial charge >= 0.3 is 0 Å². The SMILES string of the molecule is OC(COc1ccccc1C(O)O)Cn1cnc2ccccc21. The summed E-state index contributed by atoms with van der Waals surface area (Å²) in [7, 11) is 0. The van der Waals surface area contributed by atoms with Gasteiger partial charge < -0.3 is 24.6 Å². The van der Waals surface area contributed by atoms with Crippen molar-refractivity contribution in [2.45, 2.75) is 18.9 Å². The molecule has 0 radical (unpaired) electrons. The number of benzene rings is 2. The van der Waals surface area contributed by atoms with E-state index in [4.69, 9.17) is 4.74 Å². The number of aliphatic hydroxyl groups is 3. The van der Waals surface area contributed by atoms with Gasteiger partial charge in [0, 0.05) is 5.56 Å². The van der Waals surface area contributed by atoms with Crippen molar-refractivity contribution in [3.63, 3.8) is 0 Å². The minimum absolute atomic E-state index is 0.0379. The summed E-state index contributed by atoms with van der Waals surface area (Å²) in [5, 5.41) is 28.8. The van der Waals surface area contributed by atoms with E-state index in [-0.39, 0.29) is 12.2 Å². The molecular weight excluding hydrogens is 296 g/mol. The number of aliphatic hydroxyl groups excluding tert-OH is 2. The lowest BCUT2D eigenvalue weighted by Crippen LogP contribution is -2.23. The van der Waals surface area contributed by atoms with Crippen LogP contribution in [0.3, 0.4) is 0 Å². The predicted octanol–water partition coefficient (Wildman–Crippen LogP) is 1.46. The number of hydrogen-bond acceptors (Lipinski definition) is 5. The van der Waals surface area contributed by atoms with Gasteiger partial charge in [-0.1, -0.05) is 30.3 Å². The Bertz CT molecular complexity index is 785. The Kier molecular flexibility index (Phi) is 4.57. The first-order valence-electron chi connectivity index (χ1n) is 7.31. The maximum atomic E-state index is 10.2. The van der Waals surface area contributed by atoms with E-state index in [1.807, 2.05) is 28.8 Å². The fourth-order valence-electron chi connectivity index (χ4n) is 2.45. The first-order valence-corrected chi connectivity index (χ1v) is 7.31. The zero-order valence-electron chi connectivity index (χ0n) is 12.4. The molecule has 6 nitrogen and oxygen atoms in total. The fourth-order valence-corrected chi connectivity index (χ4v) is 2.45. The molecule has 0 aliphatic rings. The molecule has 1 heterocycles. The number of hydrogen-bond donors (Lipinski definition) is 3. The minimum atomic E-state index is -1.61. The fraction of sp³-hybridized carbons (Fsp3) is 0.235. The van der Waals surface area contributed by atoms with Crippen LogP contribution < -0.4 is 4.74 Å². The lowest BCUT2D eigenvalue weighted by molar-refractivity contribution is -0.0448. The number of ether oxygens (including phenoxy) is 1. The molecule has 0 aliphatic heterocycles.